The van der Waals surface area contributed by atoms with E-state index >= 15 is 0 Å². The van der Waals surface area contributed by atoms with Crippen molar-refractivity contribution >= 4 is 5.78 Å². The Morgan fingerprint density at radius 1 is 1.44 bits per heavy atom. The molecular weight excluding hydrogens is 224 g/mol. The summed E-state index contributed by atoms with van der Waals surface area (Å²) in [6.45, 7) is 2.15. The van der Waals surface area contributed by atoms with E-state index in [1.807, 2.05) is 12.1 Å². The predicted molar refractivity (Wildman–Crippen MR) is 68.5 cm³/mol. The van der Waals surface area contributed by atoms with Crippen LogP contribution in [-0.4, -0.2) is 10.9 Å². The summed E-state index contributed by atoms with van der Waals surface area (Å²) in [5, 5.41) is 9.58. The average molecular weight is 242 g/mol. The van der Waals surface area contributed by atoms with Gasteiger partial charge in [-0.15, -0.1) is 0 Å². The second-order valence-corrected chi connectivity index (χ2v) is 6.20. The van der Waals surface area contributed by atoms with Crippen LogP contribution in [0.2, 0.25) is 0 Å². The highest BCUT2D eigenvalue weighted by Gasteiger charge is 2.72. The maximum Gasteiger partial charge on any atom is 0.136 e. The van der Waals surface area contributed by atoms with E-state index < -0.39 is 0 Å². The molecule has 94 valence electrons. The van der Waals surface area contributed by atoms with Gasteiger partial charge in [-0.2, -0.15) is 0 Å². The molecule has 3 unspecified atom stereocenters. The number of carbonyl (C=O) groups excluding carboxylic acids is 1. The Morgan fingerprint density at radius 3 is 3.06 bits per heavy atom. The van der Waals surface area contributed by atoms with Gasteiger partial charge in [-0.25, -0.2) is 0 Å². The lowest BCUT2D eigenvalue weighted by molar-refractivity contribution is -0.125. The van der Waals surface area contributed by atoms with E-state index in [9.17, 15) is 9.90 Å². The van der Waals surface area contributed by atoms with Crippen molar-refractivity contribution < 1.29 is 9.90 Å². The molecule has 0 heterocycles. The zero-order valence-corrected chi connectivity index (χ0v) is 10.6. The van der Waals surface area contributed by atoms with Gasteiger partial charge in [-0.05, 0) is 54.4 Å². The van der Waals surface area contributed by atoms with Crippen LogP contribution in [0.5, 0.6) is 5.75 Å². The summed E-state index contributed by atoms with van der Waals surface area (Å²) < 4.78 is 0. The van der Waals surface area contributed by atoms with Gasteiger partial charge in [0.2, 0.25) is 0 Å². The fourth-order valence-electron chi connectivity index (χ4n) is 5.00. The quantitative estimate of drug-likeness (QED) is 0.822. The SMILES string of the molecule is CC[C@H]1C(=O)CCC23c4ccc(O)cc4CC2C13. The van der Waals surface area contributed by atoms with Gasteiger partial charge >= 0.3 is 0 Å². The van der Waals surface area contributed by atoms with Crippen molar-refractivity contribution in [1.82, 2.24) is 0 Å². The number of carbonyl (C=O) groups is 1. The van der Waals surface area contributed by atoms with E-state index in [0.29, 0.717) is 34.7 Å². The van der Waals surface area contributed by atoms with Crippen LogP contribution in [0.25, 0.3) is 0 Å². The first-order valence-corrected chi connectivity index (χ1v) is 7.03. The van der Waals surface area contributed by atoms with Gasteiger partial charge in [0.1, 0.15) is 11.5 Å². The molecule has 0 aromatic heterocycles. The first-order valence-electron chi connectivity index (χ1n) is 7.03. The van der Waals surface area contributed by atoms with Crippen molar-refractivity contribution in [2.75, 3.05) is 0 Å². The second-order valence-electron chi connectivity index (χ2n) is 6.20. The predicted octanol–water partition coefficient (Wildman–Crippen LogP) is 2.82. The minimum absolute atomic E-state index is 0.297. The number of phenols is 1. The Labute approximate surface area is 107 Å². The molecule has 2 fully saturated rings. The standard InChI is InChI=1S/C16H18O2/c1-2-11-14(18)5-6-16-12-4-3-10(17)7-9(12)8-13(16)15(11)16/h3-4,7,11,13,15,17H,2,5-6,8H2,1H3/t11-,13?,15?,16?/m0/s1. The molecule has 1 N–H and O–H groups in total. The van der Waals surface area contributed by atoms with Crippen LogP contribution < -0.4 is 0 Å². The molecule has 2 saturated carbocycles. The van der Waals surface area contributed by atoms with Crippen molar-refractivity contribution in [1.29, 1.82) is 0 Å². The third-order valence-electron chi connectivity index (χ3n) is 5.68. The summed E-state index contributed by atoms with van der Waals surface area (Å²) in [4.78, 5) is 12.0. The van der Waals surface area contributed by atoms with Crippen molar-refractivity contribution in [3.8, 4) is 5.75 Å². The van der Waals surface area contributed by atoms with E-state index in [2.05, 4.69) is 13.0 Å². The highest BCUT2D eigenvalue weighted by atomic mass is 16.3. The third-order valence-corrected chi connectivity index (χ3v) is 5.68. The lowest BCUT2D eigenvalue weighted by atomic mass is 9.75. The minimum atomic E-state index is 0.297. The number of benzene rings is 1. The van der Waals surface area contributed by atoms with Crippen LogP contribution in [0.1, 0.15) is 37.3 Å². The molecule has 0 bridgehead atoms. The van der Waals surface area contributed by atoms with Gasteiger partial charge in [-0.3, -0.25) is 4.79 Å². The summed E-state index contributed by atoms with van der Waals surface area (Å²) in [6, 6.07) is 5.83. The summed E-state index contributed by atoms with van der Waals surface area (Å²) >= 11 is 0. The van der Waals surface area contributed by atoms with Gasteiger partial charge < -0.3 is 5.11 Å². The lowest BCUT2D eigenvalue weighted by Gasteiger charge is -2.28. The molecule has 1 aromatic rings. The van der Waals surface area contributed by atoms with E-state index in [0.717, 1.165) is 25.7 Å². The Morgan fingerprint density at radius 2 is 2.28 bits per heavy atom. The minimum Gasteiger partial charge on any atom is -0.508 e. The van der Waals surface area contributed by atoms with Crippen LogP contribution in [0.4, 0.5) is 0 Å². The molecule has 0 radical (unpaired) electrons. The van der Waals surface area contributed by atoms with Crippen LogP contribution >= 0.6 is 0 Å². The second kappa shape index (κ2) is 3.17. The number of Topliss-reactive ketones (excluding diaryl/α,β-unsaturated/α-hetero) is 1. The first-order chi connectivity index (χ1) is 8.68. The topological polar surface area (TPSA) is 37.3 Å². The van der Waals surface area contributed by atoms with Crippen molar-refractivity contribution in [3.63, 3.8) is 0 Å². The Kier molecular flexibility index (Phi) is 1.87. The maximum atomic E-state index is 12.0. The molecule has 0 saturated heterocycles. The molecule has 4 rings (SSSR count). The first kappa shape index (κ1) is 10.6. The van der Waals surface area contributed by atoms with Crippen LogP contribution in [-0.2, 0) is 16.6 Å². The maximum absolute atomic E-state index is 12.0. The summed E-state index contributed by atoms with van der Waals surface area (Å²) in [6.07, 6.45) is 3.86. The molecule has 2 nitrogen and oxygen atoms in total. The van der Waals surface area contributed by atoms with Gasteiger partial charge in [-0.1, -0.05) is 13.0 Å². The zero-order chi connectivity index (χ0) is 12.5. The molecule has 4 atom stereocenters. The fourth-order valence-corrected chi connectivity index (χ4v) is 5.00. The fraction of sp³-hybridized carbons (Fsp3) is 0.562. The highest BCUT2D eigenvalue weighted by molar-refractivity contribution is 5.84. The van der Waals surface area contributed by atoms with Gasteiger partial charge in [0.15, 0.2) is 0 Å². The summed E-state index contributed by atoms with van der Waals surface area (Å²) in [5.74, 6) is 2.43. The molecule has 18 heavy (non-hydrogen) atoms. The molecular formula is C16H18O2. The summed E-state index contributed by atoms with van der Waals surface area (Å²) in [5.41, 5.74) is 3.05. The number of phenolic OH excluding ortho intramolecular Hbond substituents is 1. The number of fused-ring (bicyclic) bond motifs is 2. The Bertz CT molecular complexity index is 548. The Hall–Kier alpha value is -1.31. The largest absolute Gasteiger partial charge is 0.508 e. The normalized spacial score (nSPS) is 40.1. The lowest BCUT2D eigenvalue weighted by Crippen LogP contribution is -2.28. The molecule has 0 amide bonds. The highest BCUT2D eigenvalue weighted by Crippen LogP contribution is 2.73. The number of rotatable bonds is 1. The van der Waals surface area contributed by atoms with Crippen LogP contribution in [0, 0.1) is 17.8 Å². The zero-order valence-electron chi connectivity index (χ0n) is 10.6. The van der Waals surface area contributed by atoms with E-state index in [-0.39, 0.29) is 0 Å². The van der Waals surface area contributed by atoms with E-state index in [4.69, 9.17) is 0 Å². The van der Waals surface area contributed by atoms with Crippen LogP contribution in [0.3, 0.4) is 0 Å². The molecule has 3 aliphatic rings. The molecule has 2 heteroatoms. The smallest absolute Gasteiger partial charge is 0.136 e. The van der Waals surface area contributed by atoms with Crippen molar-refractivity contribution in [3.05, 3.63) is 29.3 Å². The molecule has 1 spiro atoms. The van der Waals surface area contributed by atoms with E-state index in [1.54, 1.807) is 0 Å². The number of aromatic hydroxyl groups is 1. The number of hydrogen-bond donors (Lipinski definition) is 1. The molecule has 0 aliphatic heterocycles. The third kappa shape index (κ3) is 1.03. The number of hydrogen-bond acceptors (Lipinski definition) is 2. The van der Waals surface area contributed by atoms with Crippen LogP contribution in [0.15, 0.2) is 18.2 Å². The van der Waals surface area contributed by atoms with Crippen molar-refractivity contribution in [2.45, 2.75) is 38.0 Å². The van der Waals surface area contributed by atoms with Gasteiger partial charge in [0.25, 0.3) is 0 Å². The van der Waals surface area contributed by atoms with Crippen molar-refractivity contribution in [2.24, 2.45) is 17.8 Å². The van der Waals surface area contributed by atoms with E-state index in [1.165, 1.54) is 11.1 Å². The monoisotopic (exact) mass is 242 g/mol. The van der Waals surface area contributed by atoms with Gasteiger partial charge in [0.05, 0.1) is 0 Å². The molecule has 1 aromatic carbocycles. The molecule has 3 aliphatic carbocycles. The Balaban J connectivity index is 1.79. The van der Waals surface area contributed by atoms with Gasteiger partial charge in [0, 0.05) is 17.8 Å². The number of ketones is 1. The average Bonchev–Trinajstić information content (AvgIpc) is 2.88. The summed E-state index contributed by atoms with van der Waals surface area (Å²) in [7, 11) is 0.